The fourth-order valence-corrected chi connectivity index (χ4v) is 4.46. The van der Waals surface area contributed by atoms with E-state index in [2.05, 4.69) is 42.5 Å². The second-order valence-electron chi connectivity index (χ2n) is 8.76. The molecule has 0 aliphatic heterocycles. The van der Waals surface area contributed by atoms with Crippen molar-refractivity contribution in [1.82, 2.24) is 15.2 Å². The molecule has 2 heterocycles. The highest BCUT2D eigenvalue weighted by Gasteiger charge is 2.19. The Morgan fingerprint density at radius 1 is 0.917 bits per heavy atom. The number of benzene rings is 2. The number of H-pyrrole nitrogens is 1. The monoisotopic (exact) mass is 502 g/mol. The molecule has 0 atom stereocenters. The number of hydrogen-bond donors (Lipinski definition) is 6. The zero-order valence-corrected chi connectivity index (χ0v) is 20.3. The molecule has 2 amide bonds. The van der Waals surface area contributed by atoms with E-state index >= 15 is 0 Å². The molecule has 0 saturated heterocycles. The molecule has 1 aliphatic rings. The van der Waals surface area contributed by atoms with E-state index in [1.165, 1.54) is 25.7 Å². The van der Waals surface area contributed by atoms with Gasteiger partial charge in [0.05, 0.1) is 17.6 Å². The van der Waals surface area contributed by atoms with Crippen molar-refractivity contribution in [3.8, 4) is 0 Å². The number of nitrogen functional groups attached to an aromatic ring is 1. The lowest BCUT2D eigenvalue weighted by atomic mass is 10.0. The van der Waals surface area contributed by atoms with E-state index in [0.29, 0.717) is 39.5 Å². The summed E-state index contributed by atoms with van der Waals surface area (Å²) in [6.07, 6.45) is 6.55. The van der Waals surface area contributed by atoms with Crippen LogP contribution in [0.4, 0.5) is 44.9 Å². The summed E-state index contributed by atoms with van der Waals surface area (Å²) in [5, 5.41) is 20.2. The van der Waals surface area contributed by atoms with Crippen molar-refractivity contribution in [2.45, 2.75) is 31.6 Å². The molecule has 5 rings (SSSR count). The Labute approximate surface area is 213 Å². The Kier molecular flexibility index (Phi) is 6.90. The van der Waals surface area contributed by atoms with Crippen LogP contribution in [-0.4, -0.2) is 21.2 Å². The Balaban J connectivity index is 1.19. The van der Waals surface area contributed by atoms with Crippen LogP contribution in [-0.2, 0) is 0 Å². The van der Waals surface area contributed by atoms with Gasteiger partial charge in [0.15, 0.2) is 5.82 Å². The Morgan fingerprint density at radius 2 is 1.67 bits per heavy atom. The van der Waals surface area contributed by atoms with Crippen LogP contribution in [0.3, 0.4) is 0 Å². The highest BCUT2D eigenvalue weighted by molar-refractivity contribution is 6.30. The number of pyridine rings is 1. The van der Waals surface area contributed by atoms with E-state index in [0.717, 1.165) is 17.2 Å². The molecule has 1 saturated carbocycles. The molecule has 2 aromatic carbocycles. The summed E-state index contributed by atoms with van der Waals surface area (Å²) in [5.74, 6) is 1.91. The van der Waals surface area contributed by atoms with Crippen LogP contribution in [0, 0.1) is 0 Å². The number of aromatic amines is 1. The first-order valence-electron chi connectivity index (χ1n) is 11.8. The van der Waals surface area contributed by atoms with Crippen molar-refractivity contribution in [2.24, 2.45) is 0 Å². The van der Waals surface area contributed by atoms with Crippen LogP contribution in [0.15, 0.2) is 66.9 Å². The van der Waals surface area contributed by atoms with Crippen LogP contribution < -0.4 is 27.0 Å². The van der Waals surface area contributed by atoms with Gasteiger partial charge >= 0.3 is 6.03 Å². The highest BCUT2D eigenvalue weighted by atomic mass is 35.5. The molecule has 0 bridgehead atoms. The van der Waals surface area contributed by atoms with Crippen LogP contribution in [0.2, 0.25) is 5.02 Å². The number of rotatable bonds is 7. The van der Waals surface area contributed by atoms with E-state index in [1.54, 1.807) is 42.6 Å². The second-order valence-corrected chi connectivity index (χ2v) is 9.20. The molecule has 0 radical (unpaired) electrons. The van der Waals surface area contributed by atoms with Crippen LogP contribution in [0.5, 0.6) is 0 Å². The van der Waals surface area contributed by atoms with Crippen LogP contribution in [0.1, 0.15) is 37.3 Å². The molecule has 184 valence electrons. The van der Waals surface area contributed by atoms with Gasteiger partial charge in [-0.05, 0) is 55.3 Å². The normalized spacial score (nSPS) is 13.4. The third-order valence-corrected chi connectivity index (χ3v) is 6.32. The summed E-state index contributed by atoms with van der Waals surface area (Å²) in [5.41, 5.74) is 10.6. The van der Waals surface area contributed by atoms with Gasteiger partial charge in [0.1, 0.15) is 5.82 Å². The van der Waals surface area contributed by atoms with Gasteiger partial charge in [-0.3, -0.25) is 5.10 Å². The van der Waals surface area contributed by atoms with Gasteiger partial charge in [0.2, 0.25) is 0 Å². The third-order valence-electron chi connectivity index (χ3n) is 6.09. The van der Waals surface area contributed by atoms with Crippen LogP contribution >= 0.6 is 11.6 Å². The first kappa shape index (κ1) is 23.5. The maximum atomic E-state index is 12.2. The molecule has 7 N–H and O–H groups in total. The zero-order chi connectivity index (χ0) is 24.9. The molecule has 36 heavy (non-hydrogen) atoms. The molecule has 1 fully saturated rings. The number of anilines is 7. The standard InChI is InChI=1S/C26H27ClN8O/c27-17-6-3-7-20(12-17)32-26(36)31-19-10-8-18(9-11-19)30-24-14-23(21(28)15-29-24)33-25-13-22(34-35-25)16-4-1-2-5-16/h3,6-16H,1-2,4-5,28H2,(H2,31,32,36)(H3,29,30,33,34,35). The van der Waals surface area contributed by atoms with Crippen molar-refractivity contribution in [1.29, 1.82) is 0 Å². The first-order valence-corrected chi connectivity index (χ1v) is 12.2. The van der Waals surface area contributed by atoms with Crippen molar-refractivity contribution in [3.63, 3.8) is 0 Å². The minimum Gasteiger partial charge on any atom is -0.396 e. The van der Waals surface area contributed by atoms with Gasteiger partial charge in [-0.25, -0.2) is 9.78 Å². The average Bonchev–Trinajstić information content (AvgIpc) is 3.55. The SMILES string of the molecule is Nc1cnc(Nc2ccc(NC(=O)Nc3cccc(Cl)c3)cc2)cc1Nc1cc(C2CCCC2)[nH]n1. The van der Waals surface area contributed by atoms with E-state index in [4.69, 9.17) is 17.3 Å². The Hall–Kier alpha value is -4.24. The lowest BCUT2D eigenvalue weighted by Gasteiger charge is -2.12. The summed E-state index contributed by atoms with van der Waals surface area (Å²) >= 11 is 5.96. The van der Waals surface area contributed by atoms with Gasteiger partial charge in [0, 0.05) is 45.8 Å². The summed E-state index contributed by atoms with van der Waals surface area (Å²) in [4.78, 5) is 16.6. The van der Waals surface area contributed by atoms with Crippen molar-refractivity contribution >= 4 is 57.7 Å². The number of carbonyl (C=O) groups is 1. The second kappa shape index (κ2) is 10.6. The molecule has 10 heteroatoms. The number of urea groups is 1. The molecule has 9 nitrogen and oxygen atoms in total. The fraction of sp³-hybridized carbons (Fsp3) is 0.192. The number of nitrogens with zero attached hydrogens (tertiary/aromatic N) is 2. The lowest BCUT2D eigenvalue weighted by molar-refractivity contribution is 0.262. The van der Waals surface area contributed by atoms with E-state index in [9.17, 15) is 4.79 Å². The van der Waals surface area contributed by atoms with Crippen LogP contribution in [0.25, 0.3) is 0 Å². The molecule has 4 aromatic rings. The Morgan fingerprint density at radius 3 is 2.44 bits per heavy atom. The van der Waals surface area contributed by atoms with E-state index in [-0.39, 0.29) is 6.03 Å². The number of aromatic nitrogens is 3. The number of nitrogens with one attached hydrogen (secondary N) is 5. The number of halogens is 1. The topological polar surface area (TPSA) is 133 Å². The molecule has 0 spiro atoms. The van der Waals surface area contributed by atoms with Gasteiger partial charge in [-0.2, -0.15) is 5.10 Å². The predicted octanol–water partition coefficient (Wildman–Crippen LogP) is 6.83. The highest BCUT2D eigenvalue weighted by Crippen LogP contribution is 2.34. The lowest BCUT2D eigenvalue weighted by Crippen LogP contribution is -2.19. The molecule has 2 aromatic heterocycles. The van der Waals surface area contributed by atoms with Crippen molar-refractivity contribution in [3.05, 3.63) is 77.6 Å². The molecular weight excluding hydrogens is 476 g/mol. The largest absolute Gasteiger partial charge is 0.396 e. The quantitative estimate of drug-likeness (QED) is 0.164. The van der Waals surface area contributed by atoms with Gasteiger partial charge in [-0.15, -0.1) is 0 Å². The number of nitrogens with two attached hydrogens (primary N) is 1. The van der Waals surface area contributed by atoms with Crippen molar-refractivity contribution < 1.29 is 4.79 Å². The maximum absolute atomic E-state index is 12.2. The maximum Gasteiger partial charge on any atom is 0.323 e. The fourth-order valence-electron chi connectivity index (χ4n) is 4.27. The summed E-state index contributed by atoms with van der Waals surface area (Å²) in [6, 6.07) is 17.8. The smallest absolute Gasteiger partial charge is 0.323 e. The first-order chi connectivity index (χ1) is 17.5. The third kappa shape index (κ3) is 5.87. The summed E-state index contributed by atoms with van der Waals surface area (Å²) < 4.78 is 0. The van der Waals surface area contributed by atoms with Gasteiger partial charge in [-0.1, -0.05) is 30.5 Å². The predicted molar refractivity (Wildman–Crippen MR) is 146 cm³/mol. The summed E-state index contributed by atoms with van der Waals surface area (Å²) in [6.45, 7) is 0. The minimum atomic E-state index is -0.358. The number of amides is 2. The summed E-state index contributed by atoms with van der Waals surface area (Å²) in [7, 11) is 0. The number of hydrogen-bond acceptors (Lipinski definition) is 6. The zero-order valence-electron chi connectivity index (χ0n) is 19.5. The van der Waals surface area contributed by atoms with E-state index < -0.39 is 0 Å². The van der Waals surface area contributed by atoms with E-state index in [1.807, 2.05) is 18.2 Å². The van der Waals surface area contributed by atoms with Gasteiger partial charge in [0.25, 0.3) is 0 Å². The number of carbonyl (C=O) groups excluding carboxylic acids is 1. The molecular formula is C26H27ClN8O. The van der Waals surface area contributed by atoms with Gasteiger partial charge < -0.3 is 27.0 Å². The average molecular weight is 503 g/mol. The molecule has 0 unspecified atom stereocenters. The minimum absolute atomic E-state index is 0.358. The van der Waals surface area contributed by atoms with Crippen molar-refractivity contribution in [2.75, 3.05) is 27.0 Å². The Bertz CT molecular complexity index is 1350. The molecule has 1 aliphatic carbocycles.